The molecule has 0 atom stereocenters. The zero-order valence-electron chi connectivity index (χ0n) is 13.2. The lowest BCUT2D eigenvalue weighted by Crippen LogP contribution is -2.43. The van der Waals surface area contributed by atoms with Gasteiger partial charge in [0.05, 0.1) is 12.2 Å². The van der Waals surface area contributed by atoms with Gasteiger partial charge < -0.3 is 15.2 Å². The van der Waals surface area contributed by atoms with Gasteiger partial charge in [0.15, 0.2) is 0 Å². The van der Waals surface area contributed by atoms with Gasteiger partial charge >= 0.3 is 0 Å². The third kappa shape index (κ3) is 5.68. The fourth-order valence-electron chi connectivity index (χ4n) is 3.02. The average molecular weight is 291 g/mol. The molecule has 118 valence electrons. The van der Waals surface area contributed by atoms with Crippen molar-refractivity contribution in [2.45, 2.75) is 51.0 Å². The number of nitrogens with one attached hydrogen (secondary N) is 1. The average Bonchev–Trinajstić information content (AvgIpc) is 2.52. The van der Waals surface area contributed by atoms with E-state index < -0.39 is 5.60 Å². The topological polar surface area (TPSA) is 41.5 Å². The highest BCUT2D eigenvalue weighted by atomic mass is 16.5. The van der Waals surface area contributed by atoms with E-state index >= 15 is 0 Å². The Hall–Kier alpha value is -1.06. The Morgan fingerprint density at radius 1 is 1.24 bits per heavy atom. The standard InChI is InChI=1S/C18H29NO2/c1-2-16-9-11-18(20,12-10-16)15-19-13-6-14-21-17-7-4-3-5-8-17/h3-5,7-8,16,19-20H,2,6,9-15H2,1H3. The molecule has 0 heterocycles. The van der Waals surface area contributed by atoms with Gasteiger partial charge in [0, 0.05) is 6.54 Å². The molecular weight excluding hydrogens is 262 g/mol. The SMILES string of the molecule is CCC1CCC(O)(CNCCCOc2ccccc2)CC1. The second-order valence-electron chi connectivity index (χ2n) is 6.27. The minimum atomic E-state index is -0.480. The first-order valence-electron chi connectivity index (χ1n) is 8.33. The Bertz CT molecular complexity index is 385. The van der Waals surface area contributed by atoms with Crippen LogP contribution in [0.1, 0.15) is 45.4 Å². The molecule has 1 saturated carbocycles. The third-order valence-electron chi connectivity index (χ3n) is 4.58. The van der Waals surface area contributed by atoms with Crippen molar-refractivity contribution in [3.8, 4) is 5.75 Å². The van der Waals surface area contributed by atoms with Crippen LogP contribution in [0.3, 0.4) is 0 Å². The molecule has 0 spiro atoms. The van der Waals surface area contributed by atoms with Crippen LogP contribution in [0.2, 0.25) is 0 Å². The fourth-order valence-corrected chi connectivity index (χ4v) is 3.02. The van der Waals surface area contributed by atoms with Gasteiger partial charge in [0.2, 0.25) is 0 Å². The van der Waals surface area contributed by atoms with Gasteiger partial charge in [-0.05, 0) is 56.7 Å². The van der Waals surface area contributed by atoms with Crippen LogP contribution < -0.4 is 10.1 Å². The normalized spacial score (nSPS) is 25.7. The zero-order chi connectivity index (χ0) is 15.0. The molecule has 21 heavy (non-hydrogen) atoms. The zero-order valence-corrected chi connectivity index (χ0v) is 13.2. The van der Waals surface area contributed by atoms with Crippen molar-refractivity contribution >= 4 is 0 Å². The van der Waals surface area contributed by atoms with Crippen molar-refractivity contribution in [3.63, 3.8) is 0 Å². The summed E-state index contributed by atoms with van der Waals surface area (Å²) in [5, 5.41) is 13.9. The summed E-state index contributed by atoms with van der Waals surface area (Å²) in [5.74, 6) is 1.75. The van der Waals surface area contributed by atoms with Gasteiger partial charge in [-0.2, -0.15) is 0 Å². The van der Waals surface area contributed by atoms with Crippen molar-refractivity contribution in [3.05, 3.63) is 30.3 Å². The molecule has 0 bridgehead atoms. The molecule has 1 aliphatic rings. The summed E-state index contributed by atoms with van der Waals surface area (Å²) in [4.78, 5) is 0. The quantitative estimate of drug-likeness (QED) is 0.722. The summed E-state index contributed by atoms with van der Waals surface area (Å²) >= 11 is 0. The van der Waals surface area contributed by atoms with Crippen LogP contribution in [0.15, 0.2) is 30.3 Å². The first-order valence-corrected chi connectivity index (χ1v) is 8.33. The summed E-state index contributed by atoms with van der Waals surface area (Å²) in [6.45, 7) is 4.58. The van der Waals surface area contributed by atoms with Crippen LogP contribution in [0.4, 0.5) is 0 Å². The summed E-state index contributed by atoms with van der Waals surface area (Å²) in [6, 6.07) is 9.90. The summed E-state index contributed by atoms with van der Waals surface area (Å²) < 4.78 is 5.65. The lowest BCUT2D eigenvalue weighted by Gasteiger charge is -2.36. The summed E-state index contributed by atoms with van der Waals surface area (Å²) in [7, 11) is 0. The molecule has 1 aliphatic carbocycles. The smallest absolute Gasteiger partial charge is 0.119 e. The van der Waals surface area contributed by atoms with Gasteiger partial charge in [0.25, 0.3) is 0 Å². The van der Waals surface area contributed by atoms with Crippen LogP contribution in [0.5, 0.6) is 5.75 Å². The summed E-state index contributed by atoms with van der Waals surface area (Å²) in [6.07, 6.45) is 6.44. The molecule has 0 aromatic heterocycles. The van der Waals surface area contributed by atoms with E-state index in [0.717, 1.165) is 44.0 Å². The van der Waals surface area contributed by atoms with Crippen molar-refractivity contribution in [1.82, 2.24) is 5.32 Å². The van der Waals surface area contributed by atoms with Crippen molar-refractivity contribution in [1.29, 1.82) is 0 Å². The minimum absolute atomic E-state index is 0.480. The fraction of sp³-hybridized carbons (Fsp3) is 0.667. The molecule has 1 aromatic rings. The van der Waals surface area contributed by atoms with E-state index in [1.165, 1.54) is 19.3 Å². The van der Waals surface area contributed by atoms with Gasteiger partial charge in [-0.15, -0.1) is 0 Å². The Morgan fingerprint density at radius 3 is 2.62 bits per heavy atom. The molecule has 2 rings (SSSR count). The highest BCUT2D eigenvalue weighted by Gasteiger charge is 2.31. The molecule has 0 unspecified atom stereocenters. The lowest BCUT2D eigenvalue weighted by molar-refractivity contribution is -0.00858. The summed E-state index contributed by atoms with van der Waals surface area (Å²) in [5.41, 5.74) is -0.480. The number of rotatable bonds is 8. The van der Waals surface area contributed by atoms with E-state index in [4.69, 9.17) is 4.74 Å². The predicted molar refractivity (Wildman–Crippen MR) is 86.6 cm³/mol. The van der Waals surface area contributed by atoms with Crippen LogP contribution in [-0.2, 0) is 0 Å². The van der Waals surface area contributed by atoms with E-state index in [-0.39, 0.29) is 0 Å². The molecule has 3 nitrogen and oxygen atoms in total. The van der Waals surface area contributed by atoms with Crippen LogP contribution in [-0.4, -0.2) is 30.4 Å². The highest BCUT2D eigenvalue weighted by Crippen LogP contribution is 2.33. The monoisotopic (exact) mass is 291 g/mol. The van der Waals surface area contributed by atoms with Crippen LogP contribution in [0.25, 0.3) is 0 Å². The number of ether oxygens (including phenoxy) is 1. The second kappa shape index (κ2) is 8.40. The van der Waals surface area contributed by atoms with Gasteiger partial charge in [0.1, 0.15) is 5.75 Å². The maximum atomic E-state index is 10.5. The molecule has 2 N–H and O–H groups in total. The van der Waals surface area contributed by atoms with Crippen molar-refractivity contribution in [2.75, 3.05) is 19.7 Å². The predicted octanol–water partition coefficient (Wildman–Crippen LogP) is 3.38. The Balaban J connectivity index is 1.53. The van der Waals surface area contributed by atoms with E-state index in [1.54, 1.807) is 0 Å². The Morgan fingerprint density at radius 2 is 1.95 bits per heavy atom. The van der Waals surface area contributed by atoms with E-state index in [9.17, 15) is 5.11 Å². The third-order valence-corrected chi connectivity index (χ3v) is 4.58. The number of hydrogen-bond donors (Lipinski definition) is 2. The molecule has 0 radical (unpaired) electrons. The van der Waals surface area contributed by atoms with E-state index in [0.29, 0.717) is 6.61 Å². The largest absolute Gasteiger partial charge is 0.494 e. The minimum Gasteiger partial charge on any atom is -0.494 e. The van der Waals surface area contributed by atoms with E-state index in [1.807, 2.05) is 30.3 Å². The lowest BCUT2D eigenvalue weighted by atomic mass is 9.78. The van der Waals surface area contributed by atoms with E-state index in [2.05, 4.69) is 12.2 Å². The van der Waals surface area contributed by atoms with Gasteiger partial charge in [-0.3, -0.25) is 0 Å². The molecule has 0 amide bonds. The number of hydrogen-bond acceptors (Lipinski definition) is 3. The highest BCUT2D eigenvalue weighted by molar-refractivity contribution is 5.20. The Kier molecular flexibility index (Phi) is 6.52. The number of aliphatic hydroxyl groups is 1. The molecule has 0 saturated heterocycles. The van der Waals surface area contributed by atoms with Crippen LogP contribution >= 0.6 is 0 Å². The molecule has 3 heteroatoms. The van der Waals surface area contributed by atoms with Crippen molar-refractivity contribution < 1.29 is 9.84 Å². The van der Waals surface area contributed by atoms with Gasteiger partial charge in [-0.25, -0.2) is 0 Å². The van der Waals surface area contributed by atoms with Crippen molar-refractivity contribution in [2.24, 2.45) is 5.92 Å². The first-order chi connectivity index (χ1) is 10.2. The van der Waals surface area contributed by atoms with Crippen LogP contribution in [0, 0.1) is 5.92 Å². The molecular formula is C18H29NO2. The maximum absolute atomic E-state index is 10.5. The first kappa shape index (κ1) is 16.3. The van der Waals surface area contributed by atoms with Gasteiger partial charge in [-0.1, -0.05) is 31.5 Å². The second-order valence-corrected chi connectivity index (χ2v) is 6.27. The Labute approximate surface area is 128 Å². The molecule has 1 fully saturated rings. The maximum Gasteiger partial charge on any atom is 0.119 e. The molecule has 0 aliphatic heterocycles. The molecule has 1 aromatic carbocycles. The number of benzene rings is 1. The number of para-hydroxylation sites is 1.